The maximum Gasteiger partial charge on any atom is 1.00 e. The Morgan fingerprint density at radius 1 is 1.52 bits per heavy atom. The van der Waals surface area contributed by atoms with Gasteiger partial charge in [-0.2, -0.15) is 0 Å². The fraction of sp³-hybridized carbons (Fsp3) is 0.471. The van der Waals surface area contributed by atoms with Gasteiger partial charge in [-0.15, -0.1) is 11.3 Å². The average molecular weight is 399 g/mol. The summed E-state index contributed by atoms with van der Waals surface area (Å²) in [5.74, 6) is -2.55. The number of aliphatic hydroxyl groups excluding tert-OH is 1. The number of methoxy groups -OCH3 is 1. The number of amides is 1. The van der Waals surface area contributed by atoms with Crippen LogP contribution in [0.5, 0.6) is 0 Å². The number of nitrogens with zero attached hydrogens (tertiary/aromatic N) is 3. The van der Waals surface area contributed by atoms with Crippen molar-refractivity contribution in [3.05, 3.63) is 28.8 Å². The van der Waals surface area contributed by atoms with Crippen molar-refractivity contribution < 1.29 is 54.1 Å². The summed E-state index contributed by atoms with van der Waals surface area (Å²) in [5.41, 5.74) is 1.25. The van der Waals surface area contributed by atoms with Crippen LogP contribution in [0.4, 0.5) is 0 Å². The molecule has 2 aromatic rings. The first-order valence-electron chi connectivity index (χ1n) is 8.28. The third kappa shape index (κ3) is 2.88. The number of ether oxygens (including phenoxy) is 1. The summed E-state index contributed by atoms with van der Waals surface area (Å²) in [5, 5.41) is 21.7. The van der Waals surface area contributed by atoms with Gasteiger partial charge in [-0.05, 0) is 6.92 Å². The van der Waals surface area contributed by atoms with Crippen molar-refractivity contribution in [3.8, 4) is 0 Å². The van der Waals surface area contributed by atoms with Crippen LogP contribution in [0.25, 0.3) is 10.4 Å². The summed E-state index contributed by atoms with van der Waals surface area (Å²) in [4.78, 5) is 31.4. The number of aliphatic carboxylic acids is 1. The molecule has 4 heterocycles. The number of carboxylic acid groups (broad SMARTS) is 1. The van der Waals surface area contributed by atoms with Gasteiger partial charge in [0.2, 0.25) is 5.91 Å². The molecule has 4 atom stereocenters. The molecule has 0 bridgehead atoms. The standard InChI is InChI=1S/C17H19N3O5S.Na/c1-7-11(10-4-19-6-18-9(5-25-3)16(19)26-10)14(17(23)24)20-13(7)12(8(2)21)15(20)22;/h4,6-8,12-13,21H,5H2,1-3H3,(H,23,24);/q;+1/p-1/t7-,8+,12+,13+;/m0./s1. The van der Waals surface area contributed by atoms with Gasteiger partial charge in [0.25, 0.3) is 0 Å². The Morgan fingerprint density at radius 3 is 2.81 bits per heavy atom. The van der Waals surface area contributed by atoms with Crippen LogP contribution in [0.1, 0.15) is 24.4 Å². The number of aromatic nitrogens is 2. The Balaban J connectivity index is 0.00000210. The van der Waals surface area contributed by atoms with Crippen LogP contribution in [-0.4, -0.2) is 50.5 Å². The molecule has 138 valence electrons. The number of fused-ring (bicyclic) bond motifs is 2. The van der Waals surface area contributed by atoms with Gasteiger partial charge in [0.15, 0.2) is 0 Å². The molecule has 0 saturated carbocycles. The summed E-state index contributed by atoms with van der Waals surface area (Å²) >= 11 is 1.41. The van der Waals surface area contributed by atoms with Gasteiger partial charge in [-0.1, -0.05) is 6.92 Å². The van der Waals surface area contributed by atoms with Gasteiger partial charge in [-0.25, -0.2) is 4.98 Å². The molecule has 0 aliphatic carbocycles. The zero-order valence-corrected chi connectivity index (χ0v) is 18.3. The SMILES string of the molecule is COCc1ncn2cc(C3=C(C(=O)[O-])N4C(=O)[C@H]([C@@H](C)O)[C@H]4[C@H]3C)sc12.[Na+]. The molecule has 1 N–H and O–H groups in total. The molecule has 2 aromatic heterocycles. The van der Waals surface area contributed by atoms with Crippen molar-refractivity contribution in [2.75, 3.05) is 7.11 Å². The molecule has 4 rings (SSSR count). The molecule has 8 nitrogen and oxygen atoms in total. The molecular formula is C17H18N3NaO5S. The predicted molar refractivity (Wildman–Crippen MR) is 90.7 cm³/mol. The molecule has 1 amide bonds. The van der Waals surface area contributed by atoms with Crippen LogP contribution in [0.3, 0.4) is 0 Å². The van der Waals surface area contributed by atoms with Crippen molar-refractivity contribution in [3.63, 3.8) is 0 Å². The number of carboxylic acids is 1. The molecule has 10 heteroatoms. The molecule has 2 aliphatic rings. The Hall–Kier alpha value is -1.23. The van der Waals surface area contributed by atoms with E-state index in [9.17, 15) is 19.8 Å². The predicted octanol–water partition coefficient (Wildman–Crippen LogP) is -3.14. The first-order chi connectivity index (χ1) is 12.4. The quantitative estimate of drug-likeness (QED) is 0.421. The monoisotopic (exact) mass is 399 g/mol. The normalized spacial score (nSPS) is 25.4. The van der Waals surface area contributed by atoms with E-state index in [4.69, 9.17) is 4.74 Å². The molecular weight excluding hydrogens is 381 g/mol. The fourth-order valence-corrected chi connectivity index (χ4v) is 5.29. The van der Waals surface area contributed by atoms with Gasteiger partial charge < -0.3 is 24.6 Å². The van der Waals surface area contributed by atoms with Crippen LogP contribution in [-0.2, 0) is 20.9 Å². The zero-order valence-electron chi connectivity index (χ0n) is 15.5. The number of rotatable bonds is 5. The van der Waals surface area contributed by atoms with Crippen LogP contribution < -0.4 is 34.7 Å². The summed E-state index contributed by atoms with van der Waals surface area (Å²) in [6.07, 6.45) is 2.64. The van der Waals surface area contributed by atoms with Crippen molar-refractivity contribution in [1.29, 1.82) is 0 Å². The number of thiazole rings is 1. The number of β-lactam (4-membered cyclic amide) rings is 1. The Labute approximate surface area is 181 Å². The van der Waals surface area contributed by atoms with Crippen LogP contribution in [0.15, 0.2) is 18.2 Å². The Bertz CT molecular complexity index is 950. The Kier molecular flexibility index (Phi) is 5.55. The minimum absolute atomic E-state index is 0. The van der Waals surface area contributed by atoms with Crippen LogP contribution in [0, 0.1) is 11.8 Å². The van der Waals surface area contributed by atoms with Crippen molar-refractivity contribution in [1.82, 2.24) is 14.3 Å². The number of carbonyl (C=O) groups is 2. The maximum absolute atomic E-state index is 12.4. The second kappa shape index (κ2) is 7.31. The number of carbonyl (C=O) groups excluding carboxylic acids is 2. The van der Waals surface area contributed by atoms with Crippen LogP contribution in [0.2, 0.25) is 0 Å². The molecule has 0 radical (unpaired) electrons. The molecule has 1 fully saturated rings. The van der Waals surface area contributed by atoms with E-state index < -0.39 is 18.0 Å². The summed E-state index contributed by atoms with van der Waals surface area (Å²) in [7, 11) is 1.59. The number of imidazole rings is 1. The zero-order chi connectivity index (χ0) is 18.7. The smallest absolute Gasteiger partial charge is 0.543 e. The summed E-state index contributed by atoms with van der Waals surface area (Å²) < 4.78 is 6.97. The third-order valence-electron chi connectivity index (χ3n) is 5.19. The van der Waals surface area contributed by atoms with E-state index in [2.05, 4.69) is 4.98 Å². The molecule has 0 unspecified atom stereocenters. The first-order valence-corrected chi connectivity index (χ1v) is 9.09. The molecule has 27 heavy (non-hydrogen) atoms. The van der Waals surface area contributed by atoms with Gasteiger partial charge in [0.1, 0.15) is 16.9 Å². The second-order valence-electron chi connectivity index (χ2n) is 6.74. The minimum Gasteiger partial charge on any atom is -0.543 e. The number of hydrogen-bond donors (Lipinski definition) is 1. The third-order valence-corrected chi connectivity index (χ3v) is 6.38. The van der Waals surface area contributed by atoms with Gasteiger partial charge >= 0.3 is 29.6 Å². The fourth-order valence-electron chi connectivity index (χ4n) is 4.09. The van der Waals surface area contributed by atoms with Crippen molar-refractivity contribution >= 4 is 33.6 Å². The average Bonchev–Trinajstić information content (AvgIpc) is 3.19. The van der Waals surface area contributed by atoms with E-state index in [1.165, 1.54) is 16.2 Å². The largest absolute Gasteiger partial charge is 1.00 e. The van der Waals surface area contributed by atoms with E-state index in [0.717, 1.165) is 15.4 Å². The first kappa shape index (κ1) is 20.5. The maximum atomic E-state index is 12.4. The molecule has 0 aromatic carbocycles. The number of aliphatic hydroxyl groups is 1. The number of hydrogen-bond acceptors (Lipinski definition) is 7. The summed E-state index contributed by atoms with van der Waals surface area (Å²) in [6, 6.07) is -0.358. The van der Waals surface area contributed by atoms with Gasteiger partial charge in [-0.3, -0.25) is 9.20 Å². The second-order valence-corrected chi connectivity index (χ2v) is 7.77. The van der Waals surface area contributed by atoms with Crippen LogP contribution >= 0.6 is 11.3 Å². The van der Waals surface area contributed by atoms with Gasteiger partial charge in [0.05, 0.1) is 41.2 Å². The molecule has 0 spiro atoms. The molecule has 1 saturated heterocycles. The topological polar surface area (TPSA) is 107 Å². The van der Waals surface area contributed by atoms with Crippen molar-refractivity contribution in [2.24, 2.45) is 11.8 Å². The van der Waals surface area contributed by atoms with E-state index in [0.29, 0.717) is 12.2 Å². The van der Waals surface area contributed by atoms with E-state index >= 15 is 0 Å². The molecule has 2 aliphatic heterocycles. The van der Waals surface area contributed by atoms with Gasteiger partial charge in [0, 0.05) is 24.8 Å². The Morgan fingerprint density at radius 2 is 2.22 bits per heavy atom. The van der Waals surface area contributed by atoms with E-state index in [-0.39, 0.29) is 53.1 Å². The van der Waals surface area contributed by atoms with E-state index in [1.807, 2.05) is 17.5 Å². The van der Waals surface area contributed by atoms with E-state index in [1.54, 1.807) is 20.4 Å². The van der Waals surface area contributed by atoms with Crippen molar-refractivity contribution in [2.45, 2.75) is 32.6 Å². The minimum atomic E-state index is -1.37. The summed E-state index contributed by atoms with van der Waals surface area (Å²) in [6.45, 7) is 3.80.